The van der Waals surface area contributed by atoms with E-state index in [0.717, 1.165) is 0 Å². The van der Waals surface area contributed by atoms with E-state index in [4.69, 9.17) is 14.2 Å². The molecule has 1 aliphatic heterocycles. The molecule has 0 bridgehead atoms. The Morgan fingerprint density at radius 1 is 1.57 bits per heavy atom. The lowest BCUT2D eigenvalue weighted by molar-refractivity contribution is -0.246. The van der Waals surface area contributed by atoms with Gasteiger partial charge in [-0.25, -0.2) is 0 Å². The molecule has 0 amide bonds. The maximum Gasteiger partial charge on any atom is 0.303 e. The van der Waals surface area contributed by atoms with E-state index >= 15 is 0 Å². The first kappa shape index (κ1) is 11.4. The second kappa shape index (κ2) is 4.72. The Morgan fingerprint density at radius 3 is 2.71 bits per heavy atom. The van der Waals surface area contributed by atoms with Gasteiger partial charge in [0.1, 0.15) is 0 Å². The number of methoxy groups -OCH3 is 1. The molecule has 4 atom stereocenters. The third-order valence-corrected chi connectivity index (χ3v) is 2.42. The second-order valence-electron chi connectivity index (χ2n) is 3.43. The van der Waals surface area contributed by atoms with E-state index in [9.17, 15) is 9.90 Å². The molecule has 0 aromatic carbocycles. The standard InChI is InChI=1S/C9H16O5/c1-5-7(12-3)4-13-9(11)8(5)14-6(2)10/h5,7-9,11H,4H2,1-3H3/t5-,7+,8+,9-/m1/s1. The minimum Gasteiger partial charge on any atom is -0.457 e. The number of hydrogen-bond acceptors (Lipinski definition) is 5. The molecular weight excluding hydrogens is 188 g/mol. The molecule has 1 rings (SSSR count). The average Bonchev–Trinajstić information content (AvgIpc) is 2.12. The molecule has 5 nitrogen and oxygen atoms in total. The van der Waals surface area contributed by atoms with Gasteiger partial charge in [0.2, 0.25) is 0 Å². The smallest absolute Gasteiger partial charge is 0.303 e. The van der Waals surface area contributed by atoms with Crippen LogP contribution in [0.15, 0.2) is 0 Å². The van der Waals surface area contributed by atoms with Crippen LogP contribution in [0.4, 0.5) is 0 Å². The van der Waals surface area contributed by atoms with Gasteiger partial charge >= 0.3 is 5.97 Å². The normalized spacial score (nSPS) is 38.0. The first-order chi connectivity index (χ1) is 6.56. The molecular formula is C9H16O5. The summed E-state index contributed by atoms with van der Waals surface area (Å²) in [5.74, 6) is -0.506. The Labute approximate surface area is 82.9 Å². The van der Waals surface area contributed by atoms with E-state index in [1.54, 1.807) is 7.11 Å². The number of aliphatic hydroxyl groups excluding tert-OH is 1. The fourth-order valence-corrected chi connectivity index (χ4v) is 1.55. The summed E-state index contributed by atoms with van der Waals surface area (Å²) in [5, 5.41) is 9.45. The van der Waals surface area contributed by atoms with Crippen molar-refractivity contribution in [3.8, 4) is 0 Å². The number of aliphatic hydroxyl groups is 1. The molecule has 82 valence electrons. The van der Waals surface area contributed by atoms with Crippen LogP contribution in [0.2, 0.25) is 0 Å². The average molecular weight is 204 g/mol. The zero-order valence-corrected chi connectivity index (χ0v) is 8.60. The molecule has 0 unspecified atom stereocenters. The quantitative estimate of drug-likeness (QED) is 0.637. The van der Waals surface area contributed by atoms with E-state index in [1.165, 1.54) is 6.92 Å². The molecule has 5 heteroatoms. The minimum absolute atomic E-state index is 0.0763. The highest BCUT2D eigenvalue weighted by molar-refractivity contribution is 5.66. The summed E-state index contributed by atoms with van der Waals surface area (Å²) in [6.07, 6.45) is -1.85. The Hall–Kier alpha value is -0.650. The highest BCUT2D eigenvalue weighted by Crippen LogP contribution is 2.24. The molecule has 0 aromatic rings. The fourth-order valence-electron chi connectivity index (χ4n) is 1.55. The maximum absolute atomic E-state index is 10.8. The van der Waals surface area contributed by atoms with Crippen LogP contribution in [0.3, 0.4) is 0 Å². The summed E-state index contributed by atoms with van der Waals surface area (Å²) in [6, 6.07) is 0. The van der Waals surface area contributed by atoms with Crippen LogP contribution in [0.25, 0.3) is 0 Å². The Balaban J connectivity index is 2.63. The lowest BCUT2D eigenvalue weighted by atomic mass is 9.95. The zero-order valence-electron chi connectivity index (χ0n) is 8.60. The molecule has 1 heterocycles. The molecule has 0 saturated carbocycles. The van der Waals surface area contributed by atoms with E-state index < -0.39 is 18.4 Å². The molecule has 1 aliphatic rings. The first-order valence-corrected chi connectivity index (χ1v) is 4.56. The van der Waals surface area contributed by atoms with Crippen LogP contribution in [0, 0.1) is 5.92 Å². The molecule has 0 spiro atoms. The van der Waals surface area contributed by atoms with Gasteiger partial charge in [-0.1, -0.05) is 6.92 Å². The summed E-state index contributed by atoms with van der Waals surface area (Å²) in [7, 11) is 1.56. The Kier molecular flexibility index (Phi) is 3.86. The highest BCUT2D eigenvalue weighted by Gasteiger charge is 2.39. The third kappa shape index (κ3) is 2.43. The number of carbonyl (C=O) groups excluding carboxylic acids is 1. The molecule has 1 N–H and O–H groups in total. The van der Waals surface area contributed by atoms with Crippen molar-refractivity contribution < 1.29 is 24.1 Å². The second-order valence-corrected chi connectivity index (χ2v) is 3.43. The van der Waals surface area contributed by atoms with Crippen molar-refractivity contribution in [2.75, 3.05) is 13.7 Å². The van der Waals surface area contributed by atoms with Gasteiger partial charge in [0.05, 0.1) is 12.7 Å². The highest BCUT2D eigenvalue weighted by atomic mass is 16.7. The maximum atomic E-state index is 10.8. The number of esters is 1. The van der Waals surface area contributed by atoms with Crippen molar-refractivity contribution >= 4 is 5.97 Å². The molecule has 0 aliphatic carbocycles. The van der Waals surface area contributed by atoms with Gasteiger partial charge in [-0.15, -0.1) is 0 Å². The summed E-state index contributed by atoms with van der Waals surface area (Å²) in [5.41, 5.74) is 0. The van der Waals surface area contributed by atoms with Gasteiger partial charge in [0, 0.05) is 20.0 Å². The lowest BCUT2D eigenvalue weighted by Crippen LogP contribution is -2.50. The monoisotopic (exact) mass is 204 g/mol. The van der Waals surface area contributed by atoms with Crippen LogP contribution in [0.1, 0.15) is 13.8 Å². The van der Waals surface area contributed by atoms with Gasteiger partial charge in [-0.2, -0.15) is 0 Å². The van der Waals surface area contributed by atoms with Gasteiger partial charge in [0.25, 0.3) is 0 Å². The summed E-state index contributed by atoms with van der Waals surface area (Å²) < 4.78 is 15.1. The van der Waals surface area contributed by atoms with E-state index in [0.29, 0.717) is 6.61 Å². The number of hydrogen-bond donors (Lipinski definition) is 1. The SMILES string of the molecule is CO[C@H]1CO[C@@H](O)[C@@H](OC(C)=O)[C@@H]1C. The number of rotatable bonds is 2. The molecule has 14 heavy (non-hydrogen) atoms. The van der Waals surface area contributed by atoms with Crippen LogP contribution in [0.5, 0.6) is 0 Å². The largest absolute Gasteiger partial charge is 0.457 e. The molecule has 0 radical (unpaired) electrons. The van der Waals surface area contributed by atoms with E-state index in [2.05, 4.69) is 0 Å². The van der Waals surface area contributed by atoms with Crippen molar-refractivity contribution in [2.24, 2.45) is 5.92 Å². The zero-order chi connectivity index (χ0) is 10.7. The van der Waals surface area contributed by atoms with Crippen molar-refractivity contribution in [1.29, 1.82) is 0 Å². The van der Waals surface area contributed by atoms with Crippen molar-refractivity contribution in [2.45, 2.75) is 32.3 Å². The van der Waals surface area contributed by atoms with Crippen LogP contribution >= 0.6 is 0 Å². The summed E-state index contributed by atoms with van der Waals surface area (Å²) in [6.45, 7) is 3.47. The summed E-state index contributed by atoms with van der Waals surface area (Å²) >= 11 is 0. The van der Waals surface area contributed by atoms with E-state index in [-0.39, 0.29) is 12.0 Å². The van der Waals surface area contributed by atoms with E-state index in [1.807, 2.05) is 6.92 Å². The lowest BCUT2D eigenvalue weighted by Gasteiger charge is -2.37. The Morgan fingerprint density at radius 2 is 2.21 bits per heavy atom. The van der Waals surface area contributed by atoms with Crippen molar-refractivity contribution in [1.82, 2.24) is 0 Å². The summed E-state index contributed by atoms with van der Waals surface area (Å²) in [4.78, 5) is 10.8. The van der Waals surface area contributed by atoms with Crippen LogP contribution < -0.4 is 0 Å². The van der Waals surface area contributed by atoms with Crippen molar-refractivity contribution in [3.63, 3.8) is 0 Å². The minimum atomic E-state index is -1.06. The van der Waals surface area contributed by atoms with Crippen LogP contribution in [-0.2, 0) is 19.0 Å². The van der Waals surface area contributed by atoms with Gasteiger partial charge in [-0.3, -0.25) is 4.79 Å². The van der Waals surface area contributed by atoms with Crippen LogP contribution in [-0.4, -0.2) is 43.3 Å². The molecule has 1 saturated heterocycles. The number of ether oxygens (including phenoxy) is 3. The van der Waals surface area contributed by atoms with Crippen molar-refractivity contribution in [3.05, 3.63) is 0 Å². The van der Waals surface area contributed by atoms with Gasteiger partial charge < -0.3 is 19.3 Å². The number of carbonyl (C=O) groups is 1. The third-order valence-electron chi connectivity index (χ3n) is 2.42. The molecule has 1 fully saturated rings. The predicted octanol–water partition coefficient (Wildman–Crippen LogP) is -0.0822. The van der Waals surface area contributed by atoms with Gasteiger partial charge in [0.15, 0.2) is 12.4 Å². The molecule has 0 aromatic heterocycles. The topological polar surface area (TPSA) is 65.0 Å². The van der Waals surface area contributed by atoms with Gasteiger partial charge in [-0.05, 0) is 0 Å². The predicted molar refractivity (Wildman–Crippen MR) is 47.5 cm³/mol. The fraction of sp³-hybridized carbons (Fsp3) is 0.889. The Bertz CT molecular complexity index is 205. The first-order valence-electron chi connectivity index (χ1n) is 4.56.